The van der Waals surface area contributed by atoms with Gasteiger partial charge in [-0.1, -0.05) is 17.3 Å². The van der Waals surface area contributed by atoms with Gasteiger partial charge in [0, 0.05) is 13.5 Å². The summed E-state index contributed by atoms with van der Waals surface area (Å²) in [6.45, 7) is 5.47. The molecule has 1 aromatic carbocycles. The number of nitrogens with zero attached hydrogens (tertiary/aromatic N) is 2. The van der Waals surface area contributed by atoms with Crippen LogP contribution in [0.2, 0.25) is 0 Å². The molecule has 0 bridgehead atoms. The Balaban J connectivity index is 2.47. The summed E-state index contributed by atoms with van der Waals surface area (Å²) in [4.78, 5) is 15.8. The Bertz CT molecular complexity index is 664. The minimum absolute atomic E-state index is 0.0343. The third-order valence-corrected chi connectivity index (χ3v) is 3.39. The molecular weight excluding hydrogens is 272 g/mol. The van der Waals surface area contributed by atoms with E-state index in [1.54, 1.807) is 20.1 Å². The van der Waals surface area contributed by atoms with Gasteiger partial charge in [0.05, 0.1) is 17.2 Å². The second-order valence-corrected chi connectivity index (χ2v) is 5.02. The van der Waals surface area contributed by atoms with Gasteiger partial charge in [0.15, 0.2) is 5.82 Å². The van der Waals surface area contributed by atoms with Crippen LogP contribution in [-0.2, 0) is 11.2 Å². The highest BCUT2D eigenvalue weighted by atomic mass is 16.5. The summed E-state index contributed by atoms with van der Waals surface area (Å²) in [5.41, 5.74) is 2.12. The number of benzene rings is 1. The Morgan fingerprint density at radius 2 is 2.05 bits per heavy atom. The number of aromatic carboxylic acids is 1. The first kappa shape index (κ1) is 15.2. The van der Waals surface area contributed by atoms with Gasteiger partial charge in [-0.25, -0.2) is 4.79 Å². The van der Waals surface area contributed by atoms with Crippen molar-refractivity contribution >= 4 is 5.97 Å². The van der Waals surface area contributed by atoms with Gasteiger partial charge in [-0.2, -0.15) is 4.98 Å². The maximum Gasteiger partial charge on any atom is 0.336 e. The van der Waals surface area contributed by atoms with Gasteiger partial charge in [0.2, 0.25) is 0 Å². The number of carboxylic acid groups (broad SMARTS) is 1. The first-order chi connectivity index (χ1) is 9.93. The topological polar surface area (TPSA) is 85.5 Å². The van der Waals surface area contributed by atoms with Crippen molar-refractivity contribution in [3.63, 3.8) is 0 Å². The molecule has 0 radical (unpaired) electrons. The molecule has 6 nitrogen and oxygen atoms in total. The van der Waals surface area contributed by atoms with Gasteiger partial charge in [-0.15, -0.1) is 0 Å². The molecule has 112 valence electrons. The van der Waals surface area contributed by atoms with Crippen LogP contribution in [0.15, 0.2) is 16.7 Å². The van der Waals surface area contributed by atoms with E-state index in [9.17, 15) is 9.90 Å². The number of hydrogen-bond donors (Lipinski definition) is 1. The van der Waals surface area contributed by atoms with Gasteiger partial charge in [-0.05, 0) is 31.9 Å². The lowest BCUT2D eigenvalue weighted by Crippen LogP contribution is -2.09. The molecule has 0 aliphatic rings. The summed E-state index contributed by atoms with van der Waals surface area (Å²) in [5, 5.41) is 13.3. The van der Waals surface area contributed by atoms with Gasteiger partial charge in [-0.3, -0.25) is 0 Å². The molecule has 21 heavy (non-hydrogen) atoms. The molecule has 6 heteroatoms. The number of ether oxygens (including phenoxy) is 1. The molecule has 0 saturated carbocycles. The molecule has 1 aromatic heterocycles. The van der Waals surface area contributed by atoms with E-state index in [2.05, 4.69) is 10.1 Å². The van der Waals surface area contributed by atoms with E-state index in [1.165, 1.54) is 0 Å². The monoisotopic (exact) mass is 290 g/mol. The Morgan fingerprint density at radius 3 is 2.67 bits per heavy atom. The predicted octanol–water partition coefficient (Wildman–Crippen LogP) is 2.63. The molecule has 1 atom stereocenters. The van der Waals surface area contributed by atoms with Crippen molar-refractivity contribution in [3.8, 4) is 11.5 Å². The van der Waals surface area contributed by atoms with Crippen LogP contribution in [-0.4, -0.2) is 34.4 Å². The molecule has 0 fully saturated rings. The average Bonchev–Trinajstić information content (AvgIpc) is 2.88. The maximum absolute atomic E-state index is 11.5. The van der Waals surface area contributed by atoms with Crippen molar-refractivity contribution in [2.45, 2.75) is 33.3 Å². The second kappa shape index (κ2) is 6.05. The van der Waals surface area contributed by atoms with Crippen LogP contribution in [0.5, 0.6) is 0 Å². The summed E-state index contributed by atoms with van der Waals surface area (Å²) >= 11 is 0. The summed E-state index contributed by atoms with van der Waals surface area (Å²) < 4.78 is 10.4. The second-order valence-electron chi connectivity index (χ2n) is 5.02. The smallest absolute Gasteiger partial charge is 0.336 e. The molecule has 2 rings (SSSR count). The van der Waals surface area contributed by atoms with Crippen LogP contribution in [0.1, 0.15) is 34.2 Å². The van der Waals surface area contributed by atoms with E-state index in [1.807, 2.05) is 19.9 Å². The van der Waals surface area contributed by atoms with Gasteiger partial charge < -0.3 is 14.4 Å². The van der Waals surface area contributed by atoms with E-state index in [0.717, 1.165) is 5.56 Å². The highest BCUT2D eigenvalue weighted by molar-refractivity contribution is 5.97. The average molecular weight is 290 g/mol. The largest absolute Gasteiger partial charge is 0.478 e. The molecule has 2 aromatic rings. The lowest BCUT2D eigenvalue weighted by atomic mass is 9.97. The van der Waals surface area contributed by atoms with Crippen molar-refractivity contribution in [2.24, 2.45) is 0 Å². The molecule has 1 N–H and O–H groups in total. The van der Waals surface area contributed by atoms with Crippen molar-refractivity contribution in [3.05, 3.63) is 34.6 Å². The number of carbonyl (C=O) groups is 1. The highest BCUT2D eigenvalue weighted by Gasteiger charge is 2.22. The van der Waals surface area contributed by atoms with Gasteiger partial charge >= 0.3 is 5.97 Å². The quantitative estimate of drug-likeness (QED) is 0.911. The lowest BCUT2D eigenvalue weighted by molar-refractivity contribution is 0.0696. The number of methoxy groups -OCH3 is 1. The fraction of sp³-hybridized carbons (Fsp3) is 0.400. The summed E-state index contributed by atoms with van der Waals surface area (Å²) in [6.07, 6.45) is 0.473. The Kier molecular flexibility index (Phi) is 4.37. The summed E-state index contributed by atoms with van der Waals surface area (Å²) in [6, 6.07) is 3.62. The molecule has 0 aliphatic carbocycles. The SMILES string of the molecule is COC(C)Cc1noc(-c2c(C)ccc(C)c2C(=O)O)n1. The predicted molar refractivity (Wildman–Crippen MR) is 76.3 cm³/mol. The number of aromatic nitrogens is 2. The van der Waals surface area contributed by atoms with E-state index in [-0.39, 0.29) is 17.6 Å². The van der Waals surface area contributed by atoms with Crippen LogP contribution in [0.3, 0.4) is 0 Å². The van der Waals surface area contributed by atoms with E-state index < -0.39 is 5.97 Å². The Hall–Kier alpha value is -2.21. The van der Waals surface area contributed by atoms with E-state index in [0.29, 0.717) is 23.4 Å². The lowest BCUT2D eigenvalue weighted by Gasteiger charge is -2.08. The normalized spacial score (nSPS) is 12.4. The highest BCUT2D eigenvalue weighted by Crippen LogP contribution is 2.28. The number of rotatable bonds is 5. The molecular formula is C15H18N2O4. The molecule has 1 heterocycles. The molecule has 0 amide bonds. The number of aryl methyl sites for hydroxylation is 2. The zero-order valence-electron chi connectivity index (χ0n) is 12.5. The van der Waals surface area contributed by atoms with Crippen molar-refractivity contribution in [1.82, 2.24) is 10.1 Å². The number of carboxylic acids is 1. The van der Waals surface area contributed by atoms with Crippen LogP contribution in [0.4, 0.5) is 0 Å². The van der Waals surface area contributed by atoms with Crippen molar-refractivity contribution < 1.29 is 19.2 Å². The van der Waals surface area contributed by atoms with Gasteiger partial charge in [0.25, 0.3) is 5.89 Å². The van der Waals surface area contributed by atoms with Crippen LogP contribution in [0.25, 0.3) is 11.5 Å². The molecule has 1 unspecified atom stereocenters. The standard InChI is InChI=1S/C15H18N2O4/c1-8-5-6-9(2)13(15(18)19)12(8)14-16-11(17-21-14)7-10(3)20-4/h5-6,10H,7H2,1-4H3,(H,18,19). The molecule has 0 aliphatic heterocycles. The van der Waals surface area contributed by atoms with Crippen LogP contribution >= 0.6 is 0 Å². The third-order valence-electron chi connectivity index (χ3n) is 3.39. The van der Waals surface area contributed by atoms with E-state index >= 15 is 0 Å². The number of hydrogen-bond acceptors (Lipinski definition) is 5. The van der Waals surface area contributed by atoms with Crippen molar-refractivity contribution in [2.75, 3.05) is 7.11 Å². The van der Waals surface area contributed by atoms with Gasteiger partial charge in [0.1, 0.15) is 0 Å². The van der Waals surface area contributed by atoms with E-state index in [4.69, 9.17) is 9.26 Å². The molecule has 0 saturated heterocycles. The first-order valence-electron chi connectivity index (χ1n) is 6.63. The zero-order chi connectivity index (χ0) is 15.6. The maximum atomic E-state index is 11.5. The summed E-state index contributed by atoms with van der Waals surface area (Å²) in [5.74, 6) is -0.278. The minimum Gasteiger partial charge on any atom is -0.478 e. The van der Waals surface area contributed by atoms with Crippen LogP contribution < -0.4 is 0 Å². The first-order valence-corrected chi connectivity index (χ1v) is 6.63. The van der Waals surface area contributed by atoms with Crippen molar-refractivity contribution in [1.29, 1.82) is 0 Å². The third kappa shape index (κ3) is 3.11. The fourth-order valence-corrected chi connectivity index (χ4v) is 2.14. The summed E-state index contributed by atoms with van der Waals surface area (Å²) in [7, 11) is 1.61. The molecule has 0 spiro atoms. The minimum atomic E-state index is -1.00. The fourth-order valence-electron chi connectivity index (χ4n) is 2.14. The Morgan fingerprint density at radius 1 is 1.38 bits per heavy atom. The Labute approximate surface area is 122 Å². The van der Waals surface area contributed by atoms with Crippen LogP contribution in [0, 0.1) is 13.8 Å². The zero-order valence-corrected chi connectivity index (χ0v) is 12.5.